The molecule has 0 amide bonds. The molecule has 1 aliphatic carbocycles. The Morgan fingerprint density at radius 2 is 1.06 bits per heavy atom. The quantitative estimate of drug-likeness (QED) is 0.166. The van der Waals surface area contributed by atoms with Crippen LogP contribution in [-0.4, -0.2) is 0 Å². The molecule has 62 heavy (non-hydrogen) atoms. The summed E-state index contributed by atoms with van der Waals surface area (Å²) in [5, 5.41) is 7.14. The predicted molar refractivity (Wildman–Crippen MR) is 262 cm³/mol. The molecular formula is C59H37NOS. The predicted octanol–water partition coefficient (Wildman–Crippen LogP) is 16.6. The monoisotopic (exact) mass is 807 g/mol. The van der Waals surface area contributed by atoms with Crippen molar-refractivity contribution in [3.63, 3.8) is 0 Å². The standard InChI is InChI=1S/C59H37NOS/c1-3-18-40(19-4-1)59(41-20-5-2-6-21-41)50-27-11-9-25-48(50)57-51(59)28-15-29-52(57)60(43-33-35-47-46-24-10-12-31-54(46)62-55(47)37-43)42-22-13-17-39(36-42)44-26-14-30-53-56(44)49-34-32-38-16-7-8-23-45(38)58(49)61-53/h1-37H. The van der Waals surface area contributed by atoms with Gasteiger partial charge >= 0.3 is 0 Å². The highest BCUT2D eigenvalue weighted by molar-refractivity contribution is 7.25. The van der Waals surface area contributed by atoms with Crippen molar-refractivity contribution in [3.8, 4) is 22.3 Å². The van der Waals surface area contributed by atoms with Crippen LogP contribution in [0.4, 0.5) is 17.1 Å². The van der Waals surface area contributed by atoms with E-state index in [0.717, 1.165) is 55.5 Å². The maximum atomic E-state index is 6.68. The molecule has 13 rings (SSSR count). The fraction of sp³-hybridized carbons (Fsp3) is 0.0169. The lowest BCUT2D eigenvalue weighted by molar-refractivity contribution is 0.673. The molecule has 0 radical (unpaired) electrons. The number of thiophene rings is 1. The fourth-order valence-corrected chi connectivity index (χ4v) is 11.7. The lowest BCUT2D eigenvalue weighted by atomic mass is 9.68. The van der Waals surface area contributed by atoms with Crippen LogP contribution < -0.4 is 4.90 Å². The lowest BCUT2D eigenvalue weighted by Gasteiger charge is -2.34. The first-order valence-electron chi connectivity index (χ1n) is 21.2. The van der Waals surface area contributed by atoms with Gasteiger partial charge in [0.2, 0.25) is 0 Å². The molecule has 0 bridgehead atoms. The highest BCUT2D eigenvalue weighted by atomic mass is 32.1. The number of anilines is 3. The minimum atomic E-state index is -0.518. The average molecular weight is 808 g/mol. The summed E-state index contributed by atoms with van der Waals surface area (Å²) in [6.07, 6.45) is 0. The van der Waals surface area contributed by atoms with Crippen LogP contribution in [-0.2, 0) is 5.41 Å². The number of hydrogen-bond donors (Lipinski definition) is 0. The topological polar surface area (TPSA) is 16.4 Å². The summed E-state index contributed by atoms with van der Waals surface area (Å²) in [4.78, 5) is 2.50. The van der Waals surface area contributed by atoms with Crippen molar-refractivity contribution < 1.29 is 4.42 Å². The van der Waals surface area contributed by atoms with Crippen LogP contribution in [0.3, 0.4) is 0 Å². The largest absolute Gasteiger partial charge is 0.455 e. The zero-order chi connectivity index (χ0) is 40.8. The van der Waals surface area contributed by atoms with Crippen molar-refractivity contribution in [1.29, 1.82) is 0 Å². The Bertz CT molecular complexity index is 3670. The van der Waals surface area contributed by atoms with Crippen LogP contribution in [0.1, 0.15) is 22.3 Å². The summed E-state index contributed by atoms with van der Waals surface area (Å²) in [6.45, 7) is 0. The summed E-state index contributed by atoms with van der Waals surface area (Å²) in [6, 6.07) is 82.4. The molecule has 2 heterocycles. The maximum Gasteiger partial charge on any atom is 0.143 e. The molecule has 0 N–H and O–H groups in total. The van der Waals surface area contributed by atoms with E-state index in [0.29, 0.717) is 0 Å². The molecule has 3 heteroatoms. The molecule has 0 spiro atoms. The zero-order valence-corrected chi connectivity index (χ0v) is 34.4. The lowest BCUT2D eigenvalue weighted by Crippen LogP contribution is -2.28. The SMILES string of the molecule is c1ccc(C2(c3ccccc3)c3ccccc3-c3c(N(c4cccc(-c5cccc6oc7c8ccccc8ccc7c56)c4)c4ccc5c(c4)sc4ccccc45)cccc32)cc1. The second kappa shape index (κ2) is 13.7. The Hall–Kier alpha value is -7.72. The molecule has 0 fully saturated rings. The van der Waals surface area contributed by atoms with Crippen molar-refractivity contribution in [2.45, 2.75) is 5.41 Å². The molecule has 0 atom stereocenters. The Morgan fingerprint density at radius 3 is 1.92 bits per heavy atom. The normalized spacial score (nSPS) is 13.0. The van der Waals surface area contributed by atoms with Crippen LogP contribution in [0.2, 0.25) is 0 Å². The Labute approximate surface area is 363 Å². The first kappa shape index (κ1) is 35.1. The Balaban J connectivity index is 1.08. The third kappa shape index (κ3) is 5.03. The fourth-order valence-electron chi connectivity index (χ4n) is 10.5. The minimum absolute atomic E-state index is 0.518. The van der Waals surface area contributed by atoms with E-state index in [1.54, 1.807) is 0 Å². The van der Waals surface area contributed by atoms with Crippen molar-refractivity contribution in [2.75, 3.05) is 4.90 Å². The van der Waals surface area contributed by atoms with Gasteiger partial charge in [-0.15, -0.1) is 11.3 Å². The van der Waals surface area contributed by atoms with E-state index >= 15 is 0 Å². The molecule has 2 nitrogen and oxygen atoms in total. The first-order valence-corrected chi connectivity index (χ1v) is 22.1. The van der Waals surface area contributed by atoms with Crippen molar-refractivity contribution in [2.24, 2.45) is 0 Å². The van der Waals surface area contributed by atoms with Gasteiger partial charge in [-0.1, -0.05) is 176 Å². The average Bonchev–Trinajstić information content (AvgIpc) is 4.01. The van der Waals surface area contributed by atoms with Gasteiger partial charge in [-0.2, -0.15) is 0 Å². The number of benzene rings is 10. The van der Waals surface area contributed by atoms with E-state index in [9.17, 15) is 0 Å². The van der Waals surface area contributed by atoms with Gasteiger partial charge in [0.15, 0.2) is 0 Å². The van der Waals surface area contributed by atoms with E-state index in [4.69, 9.17) is 4.42 Å². The molecule has 12 aromatic rings. The molecule has 290 valence electrons. The van der Waals surface area contributed by atoms with Gasteiger partial charge in [-0.05, 0) is 92.9 Å². The number of hydrogen-bond acceptors (Lipinski definition) is 3. The Kier molecular flexibility index (Phi) is 7.72. The van der Waals surface area contributed by atoms with Gasteiger partial charge in [-0.25, -0.2) is 0 Å². The summed E-state index contributed by atoms with van der Waals surface area (Å²) in [5.74, 6) is 0. The zero-order valence-electron chi connectivity index (χ0n) is 33.6. The van der Waals surface area contributed by atoms with Crippen molar-refractivity contribution >= 4 is 81.3 Å². The van der Waals surface area contributed by atoms with Gasteiger partial charge < -0.3 is 9.32 Å². The van der Waals surface area contributed by atoms with Crippen LogP contribution in [0.15, 0.2) is 229 Å². The van der Waals surface area contributed by atoms with Crippen LogP contribution >= 0.6 is 11.3 Å². The number of fused-ring (bicyclic) bond motifs is 11. The van der Waals surface area contributed by atoms with E-state index in [1.807, 2.05) is 11.3 Å². The van der Waals surface area contributed by atoms with E-state index in [2.05, 4.69) is 229 Å². The van der Waals surface area contributed by atoms with Crippen LogP contribution in [0, 0.1) is 0 Å². The third-order valence-electron chi connectivity index (χ3n) is 13.1. The maximum absolute atomic E-state index is 6.68. The number of furan rings is 1. The van der Waals surface area contributed by atoms with Crippen molar-refractivity contribution in [3.05, 3.63) is 247 Å². The van der Waals surface area contributed by atoms with E-state index < -0.39 is 5.41 Å². The summed E-state index contributed by atoms with van der Waals surface area (Å²) in [7, 11) is 0. The van der Waals surface area contributed by atoms with Crippen molar-refractivity contribution in [1.82, 2.24) is 0 Å². The smallest absolute Gasteiger partial charge is 0.143 e. The molecular weight excluding hydrogens is 771 g/mol. The molecule has 10 aromatic carbocycles. The van der Waals surface area contributed by atoms with Gasteiger partial charge in [0.1, 0.15) is 11.2 Å². The van der Waals surface area contributed by atoms with Gasteiger partial charge in [0.05, 0.1) is 11.1 Å². The second-order valence-electron chi connectivity index (χ2n) is 16.3. The third-order valence-corrected chi connectivity index (χ3v) is 14.3. The highest BCUT2D eigenvalue weighted by Gasteiger charge is 2.47. The minimum Gasteiger partial charge on any atom is -0.455 e. The van der Waals surface area contributed by atoms with Crippen LogP contribution in [0.5, 0.6) is 0 Å². The molecule has 2 aromatic heterocycles. The summed E-state index contributed by atoms with van der Waals surface area (Å²) < 4.78 is 9.24. The van der Waals surface area contributed by atoms with Gasteiger partial charge in [0, 0.05) is 53.3 Å². The van der Waals surface area contributed by atoms with E-state index in [1.165, 1.54) is 58.9 Å². The van der Waals surface area contributed by atoms with Crippen LogP contribution in [0.25, 0.3) is 75.1 Å². The van der Waals surface area contributed by atoms with E-state index in [-0.39, 0.29) is 0 Å². The first-order chi connectivity index (χ1) is 30.8. The second-order valence-corrected chi connectivity index (χ2v) is 17.4. The number of nitrogens with zero attached hydrogens (tertiary/aromatic N) is 1. The number of rotatable bonds is 6. The Morgan fingerprint density at radius 1 is 0.419 bits per heavy atom. The summed E-state index contributed by atoms with van der Waals surface area (Å²) in [5.41, 5.74) is 14.5. The molecule has 0 saturated heterocycles. The highest BCUT2D eigenvalue weighted by Crippen LogP contribution is 2.59. The molecule has 1 aliphatic rings. The summed E-state index contributed by atoms with van der Waals surface area (Å²) >= 11 is 1.86. The molecule has 0 aliphatic heterocycles. The van der Waals surface area contributed by atoms with Gasteiger partial charge in [0.25, 0.3) is 0 Å². The van der Waals surface area contributed by atoms with Gasteiger partial charge in [-0.3, -0.25) is 0 Å². The molecule has 0 saturated carbocycles. The molecule has 0 unspecified atom stereocenters.